The number of carbonyl (C=O) groups is 1. The average Bonchev–Trinajstić information content (AvgIpc) is 2.71. The second-order valence-electron chi connectivity index (χ2n) is 9.35. The zero-order chi connectivity index (χ0) is 19.0. The molecule has 4 aliphatic carbocycles. The van der Waals surface area contributed by atoms with Gasteiger partial charge in [-0.1, -0.05) is 48.5 Å². The predicted octanol–water partition coefficient (Wildman–Crippen LogP) is 5.07. The van der Waals surface area contributed by atoms with Crippen LogP contribution in [0, 0.1) is 23.2 Å². The van der Waals surface area contributed by atoms with Crippen LogP contribution in [0.2, 0.25) is 0 Å². The fourth-order valence-corrected chi connectivity index (χ4v) is 6.44. The molecule has 4 aliphatic rings. The number of benzene rings is 2. The summed E-state index contributed by atoms with van der Waals surface area (Å²) in [6.45, 7) is 0.912. The van der Waals surface area contributed by atoms with Crippen LogP contribution in [0.1, 0.15) is 38.5 Å². The smallest absolute Gasteiger partial charge is 0.257 e. The number of carbonyl (C=O) groups excluding carboxylic acids is 1. The number of para-hydroxylation sites is 1. The highest BCUT2D eigenvalue weighted by Gasteiger charge is 2.50. The van der Waals surface area contributed by atoms with Crippen LogP contribution in [-0.4, -0.2) is 19.1 Å². The molecule has 0 radical (unpaired) electrons. The Hall–Kier alpha value is -2.29. The molecule has 3 nitrogen and oxygen atoms in total. The summed E-state index contributed by atoms with van der Waals surface area (Å²) in [5, 5.41) is 3.21. The van der Waals surface area contributed by atoms with Crippen LogP contribution < -0.4 is 10.1 Å². The molecule has 4 bridgehead atoms. The minimum atomic E-state index is -0.00129. The SMILES string of the molecule is O=C(COc1ccccc1-c1ccccc1)NCC12CC3CC(CC(C3)C1)C2. The van der Waals surface area contributed by atoms with E-state index >= 15 is 0 Å². The van der Waals surface area contributed by atoms with Crippen molar-refractivity contribution in [3.05, 3.63) is 54.6 Å². The first kappa shape index (κ1) is 17.8. The fraction of sp³-hybridized carbons (Fsp3) is 0.480. The van der Waals surface area contributed by atoms with Gasteiger partial charge in [0.2, 0.25) is 0 Å². The molecule has 0 atom stereocenters. The Morgan fingerprint density at radius 1 is 0.893 bits per heavy atom. The average molecular weight is 376 g/mol. The largest absolute Gasteiger partial charge is 0.483 e. The molecule has 28 heavy (non-hydrogen) atoms. The normalized spacial score (nSPS) is 30.2. The van der Waals surface area contributed by atoms with E-state index in [0.717, 1.165) is 41.2 Å². The Kier molecular flexibility index (Phi) is 4.62. The Morgan fingerprint density at radius 2 is 1.50 bits per heavy atom. The van der Waals surface area contributed by atoms with Crippen LogP contribution in [0.15, 0.2) is 54.6 Å². The molecule has 6 rings (SSSR count). The standard InChI is InChI=1S/C25H29NO2/c27-24(26-17-25-13-18-10-19(14-25)12-20(11-18)15-25)16-28-23-9-5-4-8-22(23)21-6-2-1-3-7-21/h1-9,18-20H,10-17H2,(H,26,27). The predicted molar refractivity (Wildman–Crippen MR) is 111 cm³/mol. The Bertz CT molecular complexity index is 809. The van der Waals surface area contributed by atoms with Gasteiger partial charge in [-0.2, -0.15) is 0 Å². The molecule has 1 N–H and O–H groups in total. The van der Waals surface area contributed by atoms with Crippen LogP contribution in [0.3, 0.4) is 0 Å². The van der Waals surface area contributed by atoms with Crippen LogP contribution in [-0.2, 0) is 4.79 Å². The first-order chi connectivity index (χ1) is 13.7. The van der Waals surface area contributed by atoms with Crippen molar-refractivity contribution >= 4 is 5.91 Å². The third-order valence-electron chi connectivity index (χ3n) is 7.16. The monoisotopic (exact) mass is 375 g/mol. The van der Waals surface area contributed by atoms with Crippen molar-refractivity contribution in [3.8, 4) is 16.9 Å². The summed E-state index contributed by atoms with van der Waals surface area (Å²) < 4.78 is 5.91. The highest BCUT2D eigenvalue weighted by atomic mass is 16.5. The third kappa shape index (κ3) is 3.55. The highest BCUT2D eigenvalue weighted by Crippen LogP contribution is 2.59. The van der Waals surface area contributed by atoms with E-state index in [2.05, 4.69) is 17.4 Å². The van der Waals surface area contributed by atoms with E-state index in [4.69, 9.17) is 4.74 Å². The Labute approximate surface area is 167 Å². The van der Waals surface area contributed by atoms with E-state index in [-0.39, 0.29) is 12.5 Å². The molecule has 0 spiro atoms. The maximum absolute atomic E-state index is 12.5. The van der Waals surface area contributed by atoms with Crippen molar-refractivity contribution in [2.24, 2.45) is 23.2 Å². The zero-order valence-electron chi connectivity index (χ0n) is 16.4. The molecule has 0 saturated heterocycles. The maximum atomic E-state index is 12.5. The molecule has 2 aromatic carbocycles. The lowest BCUT2D eigenvalue weighted by Gasteiger charge is -2.56. The number of hydrogen-bond acceptors (Lipinski definition) is 2. The van der Waals surface area contributed by atoms with Gasteiger partial charge in [0.15, 0.2) is 6.61 Å². The summed E-state index contributed by atoms with van der Waals surface area (Å²) >= 11 is 0. The van der Waals surface area contributed by atoms with Gasteiger partial charge in [0.1, 0.15) is 5.75 Å². The summed E-state index contributed by atoms with van der Waals surface area (Å²) in [5.41, 5.74) is 2.50. The summed E-state index contributed by atoms with van der Waals surface area (Å²) in [4.78, 5) is 12.5. The molecule has 0 unspecified atom stereocenters. The third-order valence-corrected chi connectivity index (χ3v) is 7.16. The number of ether oxygens (including phenoxy) is 1. The minimum absolute atomic E-state index is 0.00129. The van der Waals surface area contributed by atoms with Gasteiger partial charge in [0, 0.05) is 12.1 Å². The summed E-state index contributed by atoms with van der Waals surface area (Å²) in [6, 6.07) is 18.1. The minimum Gasteiger partial charge on any atom is -0.483 e. The highest BCUT2D eigenvalue weighted by molar-refractivity contribution is 5.78. The molecule has 0 aromatic heterocycles. The Morgan fingerprint density at radius 3 is 2.18 bits per heavy atom. The topological polar surface area (TPSA) is 38.3 Å². The van der Waals surface area contributed by atoms with Crippen molar-refractivity contribution in [2.45, 2.75) is 38.5 Å². The molecule has 2 aromatic rings. The van der Waals surface area contributed by atoms with Gasteiger partial charge in [0.05, 0.1) is 0 Å². The van der Waals surface area contributed by atoms with Gasteiger partial charge in [0.25, 0.3) is 5.91 Å². The number of nitrogens with one attached hydrogen (secondary N) is 1. The van der Waals surface area contributed by atoms with Crippen molar-refractivity contribution in [1.82, 2.24) is 5.32 Å². The van der Waals surface area contributed by atoms with Gasteiger partial charge in [-0.15, -0.1) is 0 Å². The molecular formula is C25H29NO2. The van der Waals surface area contributed by atoms with Crippen molar-refractivity contribution in [1.29, 1.82) is 0 Å². The van der Waals surface area contributed by atoms with Gasteiger partial charge in [-0.05, 0) is 73.3 Å². The van der Waals surface area contributed by atoms with Crippen molar-refractivity contribution in [2.75, 3.05) is 13.2 Å². The quantitative estimate of drug-likeness (QED) is 0.766. The second kappa shape index (κ2) is 7.27. The number of amides is 1. The molecule has 0 aliphatic heterocycles. The molecule has 3 heteroatoms. The maximum Gasteiger partial charge on any atom is 0.257 e. The van der Waals surface area contributed by atoms with Gasteiger partial charge >= 0.3 is 0 Å². The molecule has 146 valence electrons. The zero-order valence-corrected chi connectivity index (χ0v) is 16.4. The van der Waals surface area contributed by atoms with Gasteiger partial charge in [-0.25, -0.2) is 0 Å². The van der Waals surface area contributed by atoms with E-state index < -0.39 is 0 Å². The first-order valence-electron chi connectivity index (χ1n) is 10.7. The summed E-state index contributed by atoms with van der Waals surface area (Å²) in [7, 11) is 0. The van der Waals surface area contributed by atoms with Crippen LogP contribution in [0.25, 0.3) is 11.1 Å². The second-order valence-corrected chi connectivity index (χ2v) is 9.35. The van der Waals surface area contributed by atoms with E-state index in [1.54, 1.807) is 0 Å². The van der Waals surface area contributed by atoms with Crippen LogP contribution >= 0.6 is 0 Å². The summed E-state index contributed by atoms with van der Waals surface area (Å²) in [5.74, 6) is 3.50. The van der Waals surface area contributed by atoms with E-state index in [9.17, 15) is 4.79 Å². The molecule has 1 amide bonds. The summed E-state index contributed by atoms with van der Waals surface area (Å²) in [6.07, 6.45) is 8.26. The number of hydrogen-bond donors (Lipinski definition) is 1. The van der Waals surface area contributed by atoms with Crippen molar-refractivity contribution in [3.63, 3.8) is 0 Å². The van der Waals surface area contributed by atoms with Gasteiger partial charge in [-0.3, -0.25) is 4.79 Å². The Balaban J connectivity index is 1.19. The van der Waals surface area contributed by atoms with Crippen molar-refractivity contribution < 1.29 is 9.53 Å². The molecule has 0 heterocycles. The molecule has 4 fully saturated rings. The van der Waals surface area contributed by atoms with E-state index in [1.165, 1.54) is 38.5 Å². The molecular weight excluding hydrogens is 346 g/mol. The van der Waals surface area contributed by atoms with E-state index in [1.807, 2.05) is 42.5 Å². The number of rotatable bonds is 6. The lowest BCUT2D eigenvalue weighted by molar-refractivity contribution is -0.125. The lowest BCUT2D eigenvalue weighted by atomic mass is 9.49. The van der Waals surface area contributed by atoms with Crippen LogP contribution in [0.4, 0.5) is 0 Å². The molecule has 4 saturated carbocycles. The lowest BCUT2D eigenvalue weighted by Crippen LogP contribution is -2.51. The van der Waals surface area contributed by atoms with Gasteiger partial charge < -0.3 is 10.1 Å². The van der Waals surface area contributed by atoms with E-state index in [0.29, 0.717) is 5.41 Å². The first-order valence-corrected chi connectivity index (χ1v) is 10.7. The fourth-order valence-electron chi connectivity index (χ4n) is 6.44. The van der Waals surface area contributed by atoms with Crippen LogP contribution in [0.5, 0.6) is 5.75 Å².